The second kappa shape index (κ2) is 5.28. The predicted octanol–water partition coefficient (Wildman–Crippen LogP) is 1.46. The Hall–Kier alpha value is -0.440. The molecule has 1 fully saturated rings. The van der Waals surface area contributed by atoms with Crippen LogP contribution < -0.4 is 10.0 Å². The third-order valence-electron chi connectivity index (χ3n) is 2.48. The molecule has 8 heteroatoms. The van der Waals surface area contributed by atoms with Crippen molar-refractivity contribution in [3.05, 3.63) is 15.9 Å². The summed E-state index contributed by atoms with van der Waals surface area (Å²) < 4.78 is 27.1. The average molecular weight is 353 g/mol. The second-order valence-corrected chi connectivity index (χ2v) is 7.86. The van der Waals surface area contributed by atoms with E-state index in [1.165, 1.54) is 6.92 Å². The normalized spacial score (nSPS) is 17.4. The maximum Gasteiger partial charge on any atom is 0.251 e. The highest BCUT2D eigenvalue weighted by Gasteiger charge is 2.29. The van der Waals surface area contributed by atoms with Crippen LogP contribution in [0.25, 0.3) is 0 Å². The number of nitrogens with one attached hydrogen (secondary N) is 2. The number of sulfonamides is 1. The monoisotopic (exact) mass is 352 g/mol. The lowest BCUT2D eigenvalue weighted by Gasteiger charge is -2.13. The second-order valence-electron chi connectivity index (χ2n) is 4.18. The van der Waals surface area contributed by atoms with Gasteiger partial charge in [0.15, 0.2) is 0 Å². The minimum atomic E-state index is -3.65. The van der Waals surface area contributed by atoms with Gasteiger partial charge in [-0.1, -0.05) is 0 Å². The highest BCUT2D eigenvalue weighted by molar-refractivity contribution is 9.10. The van der Waals surface area contributed by atoms with Crippen LogP contribution in [0.3, 0.4) is 0 Å². The van der Waals surface area contributed by atoms with Gasteiger partial charge >= 0.3 is 0 Å². The number of amides is 1. The van der Waals surface area contributed by atoms with Crippen LogP contribution in [0.1, 0.15) is 19.8 Å². The fraction of sp³-hybridized carbons (Fsp3) is 0.500. The molecule has 1 unspecified atom stereocenters. The van der Waals surface area contributed by atoms with E-state index in [4.69, 9.17) is 0 Å². The zero-order valence-electron chi connectivity index (χ0n) is 9.64. The van der Waals surface area contributed by atoms with Crippen LogP contribution >= 0.6 is 27.3 Å². The third-order valence-corrected chi connectivity index (χ3v) is 6.69. The molecular formula is C10H13BrN2O3S2. The summed E-state index contributed by atoms with van der Waals surface area (Å²) in [6, 6.07) is 1.11. The SMILES string of the molecule is CC(NS(=O)(=O)c1sccc1Br)C(=O)NC1CC1. The quantitative estimate of drug-likeness (QED) is 0.842. The lowest BCUT2D eigenvalue weighted by Crippen LogP contribution is -2.45. The predicted molar refractivity (Wildman–Crippen MR) is 73.0 cm³/mol. The fourth-order valence-electron chi connectivity index (χ4n) is 1.37. The fourth-order valence-corrected chi connectivity index (χ4v) is 4.92. The summed E-state index contributed by atoms with van der Waals surface area (Å²) >= 11 is 4.28. The Balaban J connectivity index is 2.03. The molecule has 1 aromatic rings. The van der Waals surface area contributed by atoms with E-state index in [0.717, 1.165) is 24.2 Å². The minimum Gasteiger partial charge on any atom is -0.352 e. The maximum absolute atomic E-state index is 12.0. The van der Waals surface area contributed by atoms with E-state index in [0.29, 0.717) is 4.47 Å². The van der Waals surface area contributed by atoms with Crippen LogP contribution in [0.15, 0.2) is 20.1 Å². The van der Waals surface area contributed by atoms with Gasteiger partial charge in [0.25, 0.3) is 10.0 Å². The summed E-state index contributed by atoms with van der Waals surface area (Å²) in [5.74, 6) is -0.284. The molecule has 0 radical (unpaired) electrons. The van der Waals surface area contributed by atoms with Crippen molar-refractivity contribution in [3.63, 3.8) is 0 Å². The Morgan fingerprint density at radius 2 is 2.22 bits per heavy atom. The minimum absolute atomic E-state index is 0.188. The van der Waals surface area contributed by atoms with Gasteiger partial charge in [0.1, 0.15) is 4.21 Å². The molecule has 0 bridgehead atoms. The van der Waals surface area contributed by atoms with Gasteiger partial charge in [-0.2, -0.15) is 4.72 Å². The number of hydrogen-bond acceptors (Lipinski definition) is 4. The molecule has 5 nitrogen and oxygen atoms in total. The van der Waals surface area contributed by atoms with Crippen molar-refractivity contribution in [2.45, 2.75) is 36.1 Å². The Labute approximate surface area is 118 Å². The van der Waals surface area contributed by atoms with Crippen LogP contribution in [0.2, 0.25) is 0 Å². The summed E-state index contributed by atoms with van der Waals surface area (Å²) in [4.78, 5) is 11.7. The van der Waals surface area contributed by atoms with Crippen molar-refractivity contribution in [1.29, 1.82) is 0 Å². The molecule has 1 aromatic heterocycles. The molecule has 1 amide bonds. The maximum atomic E-state index is 12.0. The molecule has 0 spiro atoms. The molecule has 0 aromatic carbocycles. The first-order valence-corrected chi connectivity index (χ1v) is 8.61. The Morgan fingerprint density at radius 1 is 1.56 bits per heavy atom. The first kappa shape index (κ1) is 14.0. The van der Waals surface area contributed by atoms with E-state index in [2.05, 4.69) is 26.0 Å². The first-order valence-electron chi connectivity index (χ1n) is 5.46. The van der Waals surface area contributed by atoms with Crippen molar-refractivity contribution in [2.24, 2.45) is 0 Å². The van der Waals surface area contributed by atoms with Gasteiger partial charge in [-0.15, -0.1) is 11.3 Å². The summed E-state index contributed by atoms with van der Waals surface area (Å²) in [5.41, 5.74) is 0. The number of carbonyl (C=O) groups excluding carboxylic acids is 1. The zero-order valence-corrected chi connectivity index (χ0v) is 12.9. The largest absolute Gasteiger partial charge is 0.352 e. The number of thiophene rings is 1. The molecule has 1 atom stereocenters. The molecule has 2 rings (SSSR count). The van der Waals surface area contributed by atoms with Crippen molar-refractivity contribution >= 4 is 43.2 Å². The summed E-state index contributed by atoms with van der Waals surface area (Å²) in [6.07, 6.45) is 1.95. The number of carbonyl (C=O) groups is 1. The van der Waals surface area contributed by atoms with E-state index in [1.54, 1.807) is 11.4 Å². The topological polar surface area (TPSA) is 75.3 Å². The lowest BCUT2D eigenvalue weighted by molar-refractivity contribution is -0.122. The Bertz CT molecular complexity index is 551. The molecule has 1 aliphatic carbocycles. The van der Waals surface area contributed by atoms with Gasteiger partial charge in [0.05, 0.1) is 6.04 Å². The molecule has 18 heavy (non-hydrogen) atoms. The van der Waals surface area contributed by atoms with Crippen LogP contribution in [0.4, 0.5) is 0 Å². The van der Waals surface area contributed by atoms with Crippen molar-refractivity contribution in [1.82, 2.24) is 10.0 Å². The van der Waals surface area contributed by atoms with E-state index in [1.807, 2.05) is 0 Å². The molecule has 2 N–H and O–H groups in total. The molecular weight excluding hydrogens is 340 g/mol. The molecule has 1 saturated carbocycles. The number of halogens is 1. The summed E-state index contributed by atoms with van der Waals surface area (Å²) in [7, 11) is -3.65. The molecule has 0 saturated heterocycles. The first-order chi connectivity index (χ1) is 8.40. The van der Waals surface area contributed by atoms with Gasteiger partial charge in [0, 0.05) is 10.5 Å². The van der Waals surface area contributed by atoms with E-state index in [9.17, 15) is 13.2 Å². The molecule has 0 aliphatic heterocycles. The van der Waals surface area contributed by atoms with Crippen LogP contribution in [0.5, 0.6) is 0 Å². The summed E-state index contributed by atoms with van der Waals surface area (Å²) in [5, 5.41) is 4.44. The van der Waals surface area contributed by atoms with Gasteiger partial charge in [0.2, 0.25) is 5.91 Å². The summed E-state index contributed by atoms with van der Waals surface area (Å²) in [6.45, 7) is 1.54. The Morgan fingerprint density at radius 3 is 2.72 bits per heavy atom. The van der Waals surface area contributed by atoms with Gasteiger partial charge in [-0.3, -0.25) is 4.79 Å². The highest BCUT2D eigenvalue weighted by atomic mass is 79.9. The van der Waals surface area contributed by atoms with E-state index < -0.39 is 16.1 Å². The lowest BCUT2D eigenvalue weighted by atomic mass is 10.3. The molecule has 100 valence electrons. The van der Waals surface area contributed by atoms with Crippen molar-refractivity contribution in [3.8, 4) is 0 Å². The average Bonchev–Trinajstić information content (AvgIpc) is 2.97. The van der Waals surface area contributed by atoms with Gasteiger partial charge < -0.3 is 5.32 Å². The third kappa shape index (κ3) is 3.31. The van der Waals surface area contributed by atoms with Crippen molar-refractivity contribution in [2.75, 3.05) is 0 Å². The van der Waals surface area contributed by atoms with Crippen molar-refractivity contribution < 1.29 is 13.2 Å². The Kier molecular flexibility index (Phi) is 4.10. The number of rotatable bonds is 5. The van der Waals surface area contributed by atoms with Gasteiger partial charge in [-0.05, 0) is 47.1 Å². The molecule has 1 aliphatic rings. The van der Waals surface area contributed by atoms with Crippen LogP contribution in [0, 0.1) is 0 Å². The van der Waals surface area contributed by atoms with E-state index in [-0.39, 0.29) is 16.2 Å². The molecule has 1 heterocycles. The number of hydrogen-bond donors (Lipinski definition) is 2. The standard InChI is InChI=1S/C10H13BrN2O3S2/c1-6(9(14)12-7-2-3-7)13-18(15,16)10-8(11)4-5-17-10/h4-7,13H,2-3H2,1H3,(H,12,14). The van der Waals surface area contributed by atoms with Gasteiger partial charge in [-0.25, -0.2) is 8.42 Å². The highest BCUT2D eigenvalue weighted by Crippen LogP contribution is 2.27. The van der Waals surface area contributed by atoms with Crippen LogP contribution in [-0.4, -0.2) is 26.4 Å². The zero-order chi connectivity index (χ0) is 13.3. The smallest absolute Gasteiger partial charge is 0.251 e. The van der Waals surface area contributed by atoms with E-state index >= 15 is 0 Å². The van der Waals surface area contributed by atoms with Crippen LogP contribution in [-0.2, 0) is 14.8 Å².